The summed E-state index contributed by atoms with van der Waals surface area (Å²) in [6.07, 6.45) is 0. The van der Waals surface area contributed by atoms with Crippen molar-refractivity contribution in [2.24, 2.45) is 0 Å². The molecule has 2 aromatic carbocycles. The molecule has 0 bridgehead atoms. The summed E-state index contributed by atoms with van der Waals surface area (Å²) in [5.74, 6) is 0.773. The minimum atomic E-state index is 0.186. The van der Waals surface area contributed by atoms with Crippen LogP contribution in [-0.4, -0.2) is 23.2 Å². The predicted octanol–water partition coefficient (Wildman–Crippen LogP) is 3.15. The number of rotatable bonds is 1. The Morgan fingerprint density at radius 2 is 2.14 bits per heavy atom. The van der Waals surface area contributed by atoms with E-state index in [1.807, 2.05) is 24.3 Å². The molecule has 1 aliphatic heterocycles. The zero-order valence-electron chi connectivity index (χ0n) is 11.3. The number of para-hydroxylation sites is 1. The van der Waals surface area contributed by atoms with E-state index in [2.05, 4.69) is 16.4 Å². The molecule has 2 heterocycles. The highest BCUT2D eigenvalue weighted by Crippen LogP contribution is 2.38. The highest BCUT2D eigenvalue weighted by Gasteiger charge is 2.16. The molecule has 0 atom stereocenters. The molecule has 3 aromatic rings. The molecular formula is C16H14N2O2S. The summed E-state index contributed by atoms with van der Waals surface area (Å²) in [4.78, 5) is 4.64. The van der Waals surface area contributed by atoms with Crippen molar-refractivity contribution in [1.82, 2.24) is 10.3 Å². The van der Waals surface area contributed by atoms with Crippen LogP contribution in [-0.2, 0) is 6.54 Å². The normalized spacial score (nSPS) is 14.5. The van der Waals surface area contributed by atoms with Crippen molar-refractivity contribution >= 4 is 21.6 Å². The second-order valence-corrected chi connectivity index (χ2v) is 6.03. The number of fused-ring (bicyclic) bond motifs is 2. The Balaban J connectivity index is 1.84. The van der Waals surface area contributed by atoms with Crippen molar-refractivity contribution in [2.45, 2.75) is 6.54 Å². The van der Waals surface area contributed by atoms with Gasteiger partial charge in [0.2, 0.25) is 0 Å². The van der Waals surface area contributed by atoms with Crippen LogP contribution in [0.5, 0.6) is 11.5 Å². The number of aromatic hydroxyl groups is 1. The number of nitrogens with one attached hydrogen (secondary N) is 1. The highest BCUT2D eigenvalue weighted by atomic mass is 32.1. The third kappa shape index (κ3) is 2.24. The number of benzene rings is 2. The van der Waals surface area contributed by atoms with E-state index in [0.29, 0.717) is 18.9 Å². The van der Waals surface area contributed by atoms with Gasteiger partial charge in [-0.05, 0) is 24.3 Å². The van der Waals surface area contributed by atoms with Crippen molar-refractivity contribution in [2.75, 3.05) is 13.2 Å². The first-order valence-electron chi connectivity index (χ1n) is 6.86. The molecule has 106 valence electrons. The molecule has 0 unspecified atom stereocenters. The fourth-order valence-electron chi connectivity index (χ4n) is 2.54. The second kappa shape index (κ2) is 5.02. The largest absolute Gasteiger partial charge is 0.504 e. The molecule has 0 aliphatic carbocycles. The van der Waals surface area contributed by atoms with E-state index in [9.17, 15) is 5.11 Å². The number of ether oxygens (including phenoxy) is 1. The molecule has 0 saturated carbocycles. The van der Waals surface area contributed by atoms with Gasteiger partial charge in [0.05, 0.1) is 10.2 Å². The van der Waals surface area contributed by atoms with Gasteiger partial charge < -0.3 is 15.2 Å². The van der Waals surface area contributed by atoms with Crippen LogP contribution in [0, 0.1) is 0 Å². The van der Waals surface area contributed by atoms with Gasteiger partial charge in [0.25, 0.3) is 0 Å². The van der Waals surface area contributed by atoms with E-state index in [1.54, 1.807) is 17.4 Å². The molecule has 0 radical (unpaired) electrons. The number of thiazole rings is 1. The lowest BCUT2D eigenvalue weighted by atomic mass is 10.1. The summed E-state index contributed by atoms with van der Waals surface area (Å²) >= 11 is 1.63. The third-order valence-electron chi connectivity index (χ3n) is 3.53. The van der Waals surface area contributed by atoms with Gasteiger partial charge in [-0.25, -0.2) is 4.98 Å². The summed E-state index contributed by atoms with van der Waals surface area (Å²) in [5.41, 5.74) is 2.89. The van der Waals surface area contributed by atoms with Crippen LogP contribution >= 0.6 is 11.3 Å². The topological polar surface area (TPSA) is 54.4 Å². The molecule has 5 heteroatoms. The lowest BCUT2D eigenvalue weighted by Crippen LogP contribution is -2.16. The minimum Gasteiger partial charge on any atom is -0.504 e. The second-order valence-electron chi connectivity index (χ2n) is 5.00. The van der Waals surface area contributed by atoms with Crippen molar-refractivity contribution in [1.29, 1.82) is 0 Å². The van der Waals surface area contributed by atoms with Crippen LogP contribution in [0.25, 0.3) is 20.8 Å². The molecule has 21 heavy (non-hydrogen) atoms. The van der Waals surface area contributed by atoms with Crippen LogP contribution in [0.1, 0.15) is 5.56 Å². The van der Waals surface area contributed by atoms with Crippen molar-refractivity contribution in [3.05, 3.63) is 42.0 Å². The molecule has 0 fully saturated rings. The molecule has 4 nitrogen and oxygen atoms in total. The number of hydrogen-bond donors (Lipinski definition) is 2. The van der Waals surface area contributed by atoms with Crippen molar-refractivity contribution in [3.8, 4) is 22.1 Å². The molecule has 1 aromatic heterocycles. The number of nitrogens with zero attached hydrogens (tertiary/aromatic N) is 1. The Kier molecular flexibility index (Phi) is 3.02. The fraction of sp³-hybridized carbons (Fsp3) is 0.188. The molecule has 0 amide bonds. The third-order valence-corrected chi connectivity index (χ3v) is 4.61. The zero-order valence-corrected chi connectivity index (χ0v) is 12.1. The van der Waals surface area contributed by atoms with E-state index < -0.39 is 0 Å². The first-order valence-corrected chi connectivity index (χ1v) is 7.68. The van der Waals surface area contributed by atoms with Gasteiger partial charge >= 0.3 is 0 Å². The summed E-state index contributed by atoms with van der Waals surface area (Å²) < 4.78 is 6.75. The smallest absolute Gasteiger partial charge is 0.165 e. The van der Waals surface area contributed by atoms with Gasteiger partial charge in [-0.2, -0.15) is 0 Å². The van der Waals surface area contributed by atoms with Crippen molar-refractivity contribution < 1.29 is 9.84 Å². The van der Waals surface area contributed by atoms with E-state index in [-0.39, 0.29) is 5.75 Å². The molecule has 2 N–H and O–H groups in total. The van der Waals surface area contributed by atoms with Gasteiger partial charge in [0, 0.05) is 24.2 Å². The predicted molar refractivity (Wildman–Crippen MR) is 83.9 cm³/mol. The lowest BCUT2D eigenvalue weighted by molar-refractivity contribution is 0.307. The van der Waals surface area contributed by atoms with Gasteiger partial charge in [-0.3, -0.25) is 0 Å². The number of hydrogen-bond acceptors (Lipinski definition) is 5. The van der Waals surface area contributed by atoms with Crippen LogP contribution in [0.4, 0.5) is 0 Å². The average molecular weight is 298 g/mol. The standard InChI is InChI=1S/C16H14N2O2S/c19-13-8-10(7-11-9-17-5-6-20-15(11)13)16-18-12-3-1-2-4-14(12)21-16/h1-4,7-8,17,19H,5-6,9H2. The van der Waals surface area contributed by atoms with Gasteiger partial charge in [0.15, 0.2) is 11.5 Å². The van der Waals surface area contributed by atoms with E-state index in [0.717, 1.165) is 32.9 Å². The number of phenolic OH excluding ortho intramolecular Hbond substituents is 1. The van der Waals surface area contributed by atoms with Crippen LogP contribution in [0.3, 0.4) is 0 Å². The van der Waals surface area contributed by atoms with E-state index in [1.165, 1.54) is 0 Å². The summed E-state index contributed by atoms with van der Waals surface area (Å²) in [5, 5.41) is 14.4. The first kappa shape index (κ1) is 12.6. The van der Waals surface area contributed by atoms with Gasteiger partial charge in [-0.1, -0.05) is 12.1 Å². The molecule has 0 spiro atoms. The Morgan fingerprint density at radius 3 is 3.05 bits per heavy atom. The summed E-state index contributed by atoms with van der Waals surface area (Å²) in [6, 6.07) is 11.8. The average Bonchev–Trinajstić information content (AvgIpc) is 2.78. The van der Waals surface area contributed by atoms with Gasteiger partial charge in [0.1, 0.15) is 11.6 Å². The Bertz CT molecular complexity index is 780. The Labute approximate surface area is 126 Å². The SMILES string of the molecule is Oc1cc(-c2nc3ccccc3s2)cc2c1OCCNC2. The first-order chi connectivity index (χ1) is 10.3. The maximum absolute atomic E-state index is 10.2. The molecule has 4 rings (SSSR count). The Hall–Kier alpha value is -2.11. The lowest BCUT2D eigenvalue weighted by Gasteiger charge is -2.10. The van der Waals surface area contributed by atoms with Crippen molar-refractivity contribution in [3.63, 3.8) is 0 Å². The number of phenols is 1. The maximum Gasteiger partial charge on any atom is 0.165 e. The zero-order chi connectivity index (χ0) is 14.2. The quantitative estimate of drug-likeness (QED) is 0.724. The van der Waals surface area contributed by atoms with Crippen LogP contribution in [0.15, 0.2) is 36.4 Å². The highest BCUT2D eigenvalue weighted by molar-refractivity contribution is 7.21. The summed E-state index contributed by atoms with van der Waals surface area (Å²) in [7, 11) is 0. The van der Waals surface area contributed by atoms with Gasteiger partial charge in [-0.15, -0.1) is 11.3 Å². The van der Waals surface area contributed by atoms with E-state index in [4.69, 9.17) is 4.74 Å². The fourth-order valence-corrected chi connectivity index (χ4v) is 3.49. The van der Waals surface area contributed by atoms with Crippen LogP contribution < -0.4 is 10.1 Å². The molecule has 0 saturated heterocycles. The monoisotopic (exact) mass is 298 g/mol. The van der Waals surface area contributed by atoms with E-state index >= 15 is 0 Å². The summed E-state index contributed by atoms with van der Waals surface area (Å²) in [6.45, 7) is 2.05. The maximum atomic E-state index is 10.2. The number of aromatic nitrogens is 1. The molecule has 1 aliphatic rings. The Morgan fingerprint density at radius 1 is 1.24 bits per heavy atom. The minimum absolute atomic E-state index is 0.186. The molecular weight excluding hydrogens is 284 g/mol. The van der Waals surface area contributed by atoms with Crippen LogP contribution in [0.2, 0.25) is 0 Å².